The van der Waals surface area contributed by atoms with Gasteiger partial charge in [-0.05, 0) is 24.3 Å². The summed E-state index contributed by atoms with van der Waals surface area (Å²) < 4.78 is 4.69. The maximum atomic E-state index is 12.3. The Morgan fingerprint density at radius 2 is 1.85 bits per heavy atom. The summed E-state index contributed by atoms with van der Waals surface area (Å²) in [4.78, 5) is 36.4. The van der Waals surface area contributed by atoms with Gasteiger partial charge in [0.15, 0.2) is 0 Å². The minimum Gasteiger partial charge on any atom is -0.467 e. The highest BCUT2D eigenvalue weighted by atomic mass is 32.2. The Bertz CT molecular complexity index is 544. The number of carbonyl (C=O) groups is 3. The van der Waals surface area contributed by atoms with Gasteiger partial charge in [-0.1, -0.05) is 0 Å². The van der Waals surface area contributed by atoms with Crippen LogP contribution in [0.25, 0.3) is 0 Å². The number of thioether (sulfide) groups is 1. The second kappa shape index (κ2) is 5.96. The lowest BCUT2D eigenvalue weighted by Crippen LogP contribution is -2.42. The molecule has 1 aliphatic rings. The highest BCUT2D eigenvalue weighted by molar-refractivity contribution is 7.99. The van der Waals surface area contributed by atoms with Gasteiger partial charge >= 0.3 is 5.97 Å². The van der Waals surface area contributed by atoms with Crippen molar-refractivity contribution in [3.05, 3.63) is 35.4 Å². The van der Waals surface area contributed by atoms with Gasteiger partial charge in [0.25, 0.3) is 5.91 Å². The van der Waals surface area contributed by atoms with Gasteiger partial charge in [0.2, 0.25) is 5.91 Å². The number of benzene rings is 1. The van der Waals surface area contributed by atoms with Crippen molar-refractivity contribution in [2.45, 2.75) is 6.04 Å². The zero-order valence-electron chi connectivity index (χ0n) is 10.9. The summed E-state index contributed by atoms with van der Waals surface area (Å²) in [6.07, 6.45) is 0. The summed E-state index contributed by atoms with van der Waals surface area (Å²) in [5.41, 5.74) is 5.89. The number of nitrogens with zero attached hydrogens (tertiary/aromatic N) is 1. The van der Waals surface area contributed by atoms with Gasteiger partial charge in [0.1, 0.15) is 6.04 Å². The number of rotatable bonds is 3. The summed E-state index contributed by atoms with van der Waals surface area (Å²) in [6.45, 7) is 0. The number of nitrogens with two attached hydrogens (primary N) is 1. The van der Waals surface area contributed by atoms with Crippen LogP contribution >= 0.6 is 11.8 Å². The zero-order valence-corrected chi connectivity index (χ0v) is 11.7. The minimum absolute atomic E-state index is 0.263. The van der Waals surface area contributed by atoms with E-state index >= 15 is 0 Å². The minimum atomic E-state index is -0.562. The molecular weight excluding hydrogens is 280 g/mol. The fourth-order valence-electron chi connectivity index (χ4n) is 1.92. The smallest absolute Gasteiger partial charge is 0.329 e. The van der Waals surface area contributed by atoms with E-state index in [1.165, 1.54) is 48.0 Å². The molecule has 1 aliphatic heterocycles. The monoisotopic (exact) mass is 294 g/mol. The standard InChI is InChI=1S/C13H14N2O4S/c1-19-13(18)10-6-20-7-15(10)12(17)9-4-2-8(3-5-9)11(14)16/h2-5,10H,6-7H2,1H3,(H2,14,16)/t10-/m1/s1. The predicted molar refractivity (Wildman–Crippen MR) is 74.3 cm³/mol. The second-order valence-corrected chi connectivity index (χ2v) is 5.26. The van der Waals surface area contributed by atoms with Crippen molar-refractivity contribution in [2.24, 2.45) is 5.73 Å². The first-order valence-corrected chi connectivity index (χ1v) is 7.06. The second-order valence-electron chi connectivity index (χ2n) is 4.26. The molecule has 7 heteroatoms. The number of amides is 2. The molecule has 0 aliphatic carbocycles. The van der Waals surface area contributed by atoms with Crippen molar-refractivity contribution in [1.29, 1.82) is 0 Å². The van der Waals surface area contributed by atoms with E-state index in [1.54, 1.807) is 0 Å². The molecule has 1 fully saturated rings. The van der Waals surface area contributed by atoms with Crippen LogP contribution in [0.2, 0.25) is 0 Å². The molecule has 1 aromatic carbocycles. The molecule has 2 rings (SSSR count). The third kappa shape index (κ3) is 2.77. The van der Waals surface area contributed by atoms with Gasteiger partial charge in [-0.2, -0.15) is 0 Å². The number of esters is 1. The maximum absolute atomic E-state index is 12.3. The molecule has 1 aromatic rings. The molecule has 0 spiro atoms. The Kier molecular flexibility index (Phi) is 4.29. The largest absolute Gasteiger partial charge is 0.467 e. The molecule has 0 aromatic heterocycles. The van der Waals surface area contributed by atoms with Gasteiger partial charge in [0, 0.05) is 16.9 Å². The lowest BCUT2D eigenvalue weighted by molar-refractivity contribution is -0.144. The Morgan fingerprint density at radius 3 is 2.40 bits per heavy atom. The number of methoxy groups -OCH3 is 1. The summed E-state index contributed by atoms with van der Waals surface area (Å²) in [7, 11) is 1.30. The van der Waals surface area contributed by atoms with Gasteiger partial charge in [0.05, 0.1) is 13.0 Å². The van der Waals surface area contributed by atoms with Crippen LogP contribution in [0.5, 0.6) is 0 Å². The zero-order chi connectivity index (χ0) is 14.7. The number of hydrogen-bond acceptors (Lipinski definition) is 5. The maximum Gasteiger partial charge on any atom is 0.329 e. The fourth-order valence-corrected chi connectivity index (χ4v) is 3.06. The van der Waals surface area contributed by atoms with E-state index < -0.39 is 17.9 Å². The quantitative estimate of drug-likeness (QED) is 0.819. The Hall–Kier alpha value is -2.02. The summed E-state index contributed by atoms with van der Waals surface area (Å²) in [5.74, 6) is -0.264. The summed E-state index contributed by atoms with van der Waals surface area (Å²) >= 11 is 1.50. The molecule has 2 N–H and O–H groups in total. The average molecular weight is 294 g/mol. The molecule has 20 heavy (non-hydrogen) atoms. The van der Waals surface area contributed by atoms with Crippen LogP contribution in [0.4, 0.5) is 0 Å². The van der Waals surface area contributed by atoms with Crippen LogP contribution in [0, 0.1) is 0 Å². The van der Waals surface area contributed by atoms with Crippen molar-refractivity contribution in [3.8, 4) is 0 Å². The fraction of sp³-hybridized carbons (Fsp3) is 0.308. The number of primary amides is 1. The van der Waals surface area contributed by atoms with Crippen LogP contribution < -0.4 is 5.73 Å². The molecule has 106 valence electrons. The molecule has 0 saturated carbocycles. The summed E-state index contributed by atoms with van der Waals surface area (Å²) in [6, 6.07) is 5.48. The average Bonchev–Trinajstić information content (AvgIpc) is 2.95. The first-order chi connectivity index (χ1) is 9.54. The van der Waals surface area contributed by atoms with E-state index in [0.29, 0.717) is 22.8 Å². The van der Waals surface area contributed by atoms with E-state index in [9.17, 15) is 14.4 Å². The van der Waals surface area contributed by atoms with Crippen molar-refractivity contribution in [1.82, 2.24) is 4.90 Å². The van der Waals surface area contributed by atoms with Crippen LogP contribution in [-0.2, 0) is 9.53 Å². The normalized spacial score (nSPS) is 17.9. The van der Waals surface area contributed by atoms with E-state index in [0.717, 1.165) is 0 Å². The molecule has 0 bridgehead atoms. The molecule has 1 saturated heterocycles. The first kappa shape index (κ1) is 14.4. The first-order valence-electron chi connectivity index (χ1n) is 5.91. The molecule has 0 radical (unpaired) electrons. The highest BCUT2D eigenvalue weighted by Crippen LogP contribution is 2.24. The van der Waals surface area contributed by atoms with Gasteiger partial charge in [-0.3, -0.25) is 9.59 Å². The van der Waals surface area contributed by atoms with E-state index in [1.807, 2.05) is 0 Å². The lowest BCUT2D eigenvalue weighted by atomic mass is 10.1. The van der Waals surface area contributed by atoms with Crippen molar-refractivity contribution in [3.63, 3.8) is 0 Å². The number of ether oxygens (including phenoxy) is 1. The number of hydrogen-bond donors (Lipinski definition) is 1. The van der Waals surface area contributed by atoms with Crippen molar-refractivity contribution >= 4 is 29.5 Å². The number of carbonyl (C=O) groups excluding carboxylic acids is 3. The van der Waals surface area contributed by atoms with Crippen LogP contribution in [0.3, 0.4) is 0 Å². The predicted octanol–water partition coefficient (Wildman–Crippen LogP) is 0.474. The van der Waals surface area contributed by atoms with Gasteiger partial charge < -0.3 is 15.4 Å². The van der Waals surface area contributed by atoms with Gasteiger partial charge in [-0.25, -0.2) is 4.79 Å². The molecule has 2 amide bonds. The molecule has 0 unspecified atom stereocenters. The highest BCUT2D eigenvalue weighted by Gasteiger charge is 2.35. The van der Waals surface area contributed by atoms with E-state index in [-0.39, 0.29) is 5.91 Å². The molecule has 6 nitrogen and oxygen atoms in total. The lowest BCUT2D eigenvalue weighted by Gasteiger charge is -2.21. The third-order valence-electron chi connectivity index (χ3n) is 3.03. The van der Waals surface area contributed by atoms with Crippen LogP contribution in [0.15, 0.2) is 24.3 Å². The van der Waals surface area contributed by atoms with E-state index in [2.05, 4.69) is 0 Å². The Balaban J connectivity index is 2.18. The molecule has 1 heterocycles. The molecule has 1 atom stereocenters. The molecular formula is C13H14N2O4S. The van der Waals surface area contributed by atoms with E-state index in [4.69, 9.17) is 10.5 Å². The SMILES string of the molecule is COC(=O)[C@H]1CSCN1C(=O)c1ccc(C(N)=O)cc1. The topological polar surface area (TPSA) is 89.7 Å². The van der Waals surface area contributed by atoms with Crippen molar-refractivity contribution in [2.75, 3.05) is 18.7 Å². The van der Waals surface area contributed by atoms with Crippen LogP contribution in [0.1, 0.15) is 20.7 Å². The van der Waals surface area contributed by atoms with Crippen LogP contribution in [-0.4, -0.2) is 47.5 Å². The third-order valence-corrected chi connectivity index (χ3v) is 4.04. The Morgan fingerprint density at radius 1 is 1.25 bits per heavy atom. The Labute approximate surface area is 120 Å². The van der Waals surface area contributed by atoms with Gasteiger partial charge in [-0.15, -0.1) is 11.8 Å². The summed E-state index contributed by atoms with van der Waals surface area (Å²) in [5, 5.41) is 0. The van der Waals surface area contributed by atoms with Crippen molar-refractivity contribution < 1.29 is 19.1 Å².